The number of nitrogens with two attached hydrogens (primary N) is 1. The Morgan fingerprint density at radius 3 is 2.75 bits per heavy atom. The van der Waals surface area contributed by atoms with E-state index in [9.17, 15) is 0 Å². The van der Waals surface area contributed by atoms with E-state index in [0.29, 0.717) is 6.42 Å². The summed E-state index contributed by atoms with van der Waals surface area (Å²) in [5, 5.41) is 3.09. The number of hydrogen-bond donors (Lipinski definition) is 1. The van der Waals surface area contributed by atoms with Gasteiger partial charge in [-0.2, -0.15) is 0 Å². The van der Waals surface area contributed by atoms with Crippen molar-refractivity contribution in [3.05, 3.63) is 65.0 Å². The molecule has 0 fully saturated rings. The summed E-state index contributed by atoms with van der Waals surface area (Å²) in [5.41, 5.74) is 9.13. The van der Waals surface area contributed by atoms with E-state index in [1.165, 1.54) is 6.33 Å². The highest BCUT2D eigenvalue weighted by atomic mass is 32.1. The molecule has 4 nitrogen and oxygen atoms in total. The molecule has 20 heavy (non-hydrogen) atoms. The van der Waals surface area contributed by atoms with Crippen molar-refractivity contribution in [1.82, 2.24) is 15.0 Å². The number of rotatable bonds is 4. The van der Waals surface area contributed by atoms with E-state index in [-0.39, 0.29) is 6.04 Å². The maximum absolute atomic E-state index is 6.15. The molecule has 1 aromatic carbocycles. The Balaban J connectivity index is 1.75. The predicted octanol–water partition coefficient (Wildman–Crippen LogP) is 2.84. The van der Waals surface area contributed by atoms with Gasteiger partial charge in [0, 0.05) is 23.6 Å². The Morgan fingerprint density at radius 2 is 2.00 bits per heavy atom. The van der Waals surface area contributed by atoms with Gasteiger partial charge in [0.15, 0.2) is 0 Å². The number of hydrogen-bond acceptors (Lipinski definition) is 5. The molecule has 5 heteroatoms. The summed E-state index contributed by atoms with van der Waals surface area (Å²) in [4.78, 5) is 12.7. The highest BCUT2D eigenvalue weighted by Crippen LogP contribution is 2.24. The highest BCUT2D eigenvalue weighted by molar-refractivity contribution is 7.09. The third-order valence-corrected chi connectivity index (χ3v) is 3.87. The Bertz CT molecular complexity index is 667. The van der Waals surface area contributed by atoms with Gasteiger partial charge in [0.2, 0.25) is 0 Å². The molecule has 1 atom stereocenters. The fraction of sp³-hybridized carbons (Fsp3) is 0.133. The Hall–Kier alpha value is -2.11. The Morgan fingerprint density at radius 1 is 1.15 bits per heavy atom. The summed E-state index contributed by atoms with van der Waals surface area (Å²) in [6.45, 7) is 0. The number of aromatic nitrogens is 3. The van der Waals surface area contributed by atoms with Crippen LogP contribution in [0.15, 0.2) is 54.3 Å². The molecule has 0 bridgehead atoms. The number of benzene rings is 1. The molecule has 0 spiro atoms. The summed E-state index contributed by atoms with van der Waals surface area (Å²) in [6.07, 6.45) is 3.92. The topological polar surface area (TPSA) is 64.7 Å². The van der Waals surface area contributed by atoms with Gasteiger partial charge in [0.25, 0.3) is 0 Å². The molecule has 0 saturated heterocycles. The molecule has 1 unspecified atom stereocenters. The molecule has 0 aliphatic heterocycles. The van der Waals surface area contributed by atoms with Gasteiger partial charge in [-0.1, -0.05) is 30.3 Å². The first kappa shape index (κ1) is 12.9. The molecule has 3 aromatic rings. The van der Waals surface area contributed by atoms with E-state index in [2.05, 4.69) is 32.5 Å². The minimum atomic E-state index is -0.146. The minimum absolute atomic E-state index is 0.146. The van der Waals surface area contributed by atoms with E-state index in [4.69, 9.17) is 5.73 Å². The summed E-state index contributed by atoms with van der Waals surface area (Å²) >= 11 is 1.63. The van der Waals surface area contributed by atoms with Gasteiger partial charge in [-0.15, -0.1) is 11.3 Å². The molecule has 2 heterocycles. The summed E-state index contributed by atoms with van der Waals surface area (Å²) in [6, 6.07) is 11.8. The second-order valence-corrected chi connectivity index (χ2v) is 5.38. The third kappa shape index (κ3) is 2.89. The normalized spacial score (nSPS) is 12.2. The van der Waals surface area contributed by atoms with Crippen molar-refractivity contribution < 1.29 is 0 Å². The van der Waals surface area contributed by atoms with Gasteiger partial charge < -0.3 is 5.73 Å². The highest BCUT2D eigenvalue weighted by Gasteiger charge is 2.11. The van der Waals surface area contributed by atoms with Gasteiger partial charge in [-0.25, -0.2) is 15.0 Å². The second kappa shape index (κ2) is 5.90. The second-order valence-electron chi connectivity index (χ2n) is 4.44. The van der Waals surface area contributed by atoms with E-state index >= 15 is 0 Å². The number of nitrogens with zero attached hydrogens (tertiary/aromatic N) is 3. The summed E-state index contributed by atoms with van der Waals surface area (Å²) in [7, 11) is 0. The van der Waals surface area contributed by atoms with Crippen LogP contribution in [0.4, 0.5) is 0 Å². The van der Waals surface area contributed by atoms with Gasteiger partial charge in [-0.3, -0.25) is 0 Å². The van der Waals surface area contributed by atoms with Crippen LogP contribution in [0.5, 0.6) is 0 Å². The molecule has 2 N–H and O–H groups in total. The van der Waals surface area contributed by atoms with E-state index < -0.39 is 0 Å². The Labute approximate surface area is 121 Å². The van der Waals surface area contributed by atoms with Crippen LogP contribution in [-0.2, 0) is 6.42 Å². The molecule has 100 valence electrons. The largest absolute Gasteiger partial charge is 0.322 e. The van der Waals surface area contributed by atoms with Crippen molar-refractivity contribution in [1.29, 1.82) is 0 Å². The van der Waals surface area contributed by atoms with Crippen LogP contribution >= 0.6 is 11.3 Å². The van der Waals surface area contributed by atoms with Crippen LogP contribution in [0.3, 0.4) is 0 Å². The molecule has 0 amide bonds. The molecule has 0 saturated carbocycles. The van der Waals surface area contributed by atoms with Crippen LogP contribution in [0.25, 0.3) is 11.3 Å². The van der Waals surface area contributed by atoms with Crippen LogP contribution < -0.4 is 5.73 Å². The van der Waals surface area contributed by atoms with Crippen molar-refractivity contribution in [3.63, 3.8) is 0 Å². The fourth-order valence-electron chi connectivity index (χ4n) is 1.96. The quantitative estimate of drug-likeness (QED) is 0.799. The summed E-state index contributed by atoms with van der Waals surface area (Å²) in [5.74, 6) is 0. The van der Waals surface area contributed by atoms with Gasteiger partial charge in [0.1, 0.15) is 6.33 Å². The molecular weight excluding hydrogens is 268 g/mol. The smallest absolute Gasteiger partial charge is 0.115 e. The monoisotopic (exact) mass is 282 g/mol. The first-order chi connectivity index (χ1) is 9.83. The molecule has 2 aromatic heterocycles. The lowest BCUT2D eigenvalue weighted by Crippen LogP contribution is -2.14. The maximum atomic E-state index is 6.15. The van der Waals surface area contributed by atoms with Crippen molar-refractivity contribution in [2.75, 3.05) is 0 Å². The van der Waals surface area contributed by atoms with Crippen molar-refractivity contribution in [3.8, 4) is 11.3 Å². The van der Waals surface area contributed by atoms with Crippen molar-refractivity contribution in [2.24, 2.45) is 5.73 Å². The average molecular weight is 282 g/mol. The summed E-state index contributed by atoms with van der Waals surface area (Å²) < 4.78 is 0. The van der Waals surface area contributed by atoms with Crippen LogP contribution in [0.1, 0.15) is 16.7 Å². The lowest BCUT2D eigenvalue weighted by Gasteiger charge is -2.07. The lowest BCUT2D eigenvalue weighted by molar-refractivity contribution is 0.690. The standard InChI is InChI=1S/C15H14N4S/c16-12(13-6-7-17-10-18-13)8-15-19-14(9-20-15)11-4-2-1-3-5-11/h1-7,9-10,12H,8,16H2. The van der Waals surface area contributed by atoms with Gasteiger partial charge >= 0.3 is 0 Å². The van der Waals surface area contributed by atoms with E-state index in [0.717, 1.165) is 22.0 Å². The predicted molar refractivity (Wildman–Crippen MR) is 80.2 cm³/mol. The van der Waals surface area contributed by atoms with E-state index in [1.54, 1.807) is 17.5 Å². The maximum Gasteiger partial charge on any atom is 0.115 e. The fourth-order valence-corrected chi connectivity index (χ4v) is 2.82. The molecule has 0 radical (unpaired) electrons. The minimum Gasteiger partial charge on any atom is -0.322 e. The van der Waals surface area contributed by atoms with Crippen molar-refractivity contribution >= 4 is 11.3 Å². The molecule has 0 aliphatic carbocycles. The first-order valence-electron chi connectivity index (χ1n) is 6.34. The van der Waals surface area contributed by atoms with Crippen LogP contribution in [0.2, 0.25) is 0 Å². The van der Waals surface area contributed by atoms with E-state index in [1.807, 2.05) is 24.3 Å². The number of thiazole rings is 1. The molecular formula is C15H14N4S. The zero-order valence-corrected chi connectivity index (χ0v) is 11.6. The Kier molecular flexibility index (Phi) is 3.80. The molecule has 3 rings (SSSR count). The van der Waals surface area contributed by atoms with Gasteiger partial charge in [0.05, 0.1) is 22.4 Å². The first-order valence-corrected chi connectivity index (χ1v) is 7.22. The van der Waals surface area contributed by atoms with Crippen LogP contribution in [0, 0.1) is 0 Å². The molecule has 0 aliphatic rings. The average Bonchev–Trinajstić information content (AvgIpc) is 2.97. The van der Waals surface area contributed by atoms with Crippen LogP contribution in [-0.4, -0.2) is 15.0 Å². The lowest BCUT2D eigenvalue weighted by atomic mass is 10.1. The van der Waals surface area contributed by atoms with Gasteiger partial charge in [-0.05, 0) is 6.07 Å². The zero-order chi connectivity index (χ0) is 13.8. The third-order valence-electron chi connectivity index (χ3n) is 3.00. The van der Waals surface area contributed by atoms with Crippen molar-refractivity contribution in [2.45, 2.75) is 12.5 Å². The zero-order valence-electron chi connectivity index (χ0n) is 10.8. The SMILES string of the molecule is NC(Cc1nc(-c2ccccc2)cs1)c1ccncn1.